The summed E-state index contributed by atoms with van der Waals surface area (Å²) in [5, 5.41) is 3.93. The van der Waals surface area contributed by atoms with Crippen LogP contribution in [0.25, 0.3) is 10.9 Å². The largest absolute Gasteiger partial charge is 0.324 e. The number of benzene rings is 2. The van der Waals surface area contributed by atoms with Gasteiger partial charge in [-0.05, 0) is 43.2 Å². The molecule has 1 fully saturated rings. The Bertz CT molecular complexity index is 1040. The summed E-state index contributed by atoms with van der Waals surface area (Å²) in [6.07, 6.45) is 1.93. The number of nitrogens with one attached hydrogen (secondary N) is 1. The molecule has 1 unspecified atom stereocenters. The lowest BCUT2D eigenvalue weighted by Crippen LogP contribution is -2.28. The third-order valence-corrected chi connectivity index (χ3v) is 5.04. The molecule has 0 radical (unpaired) electrons. The van der Waals surface area contributed by atoms with E-state index in [4.69, 9.17) is 0 Å². The molecule has 1 aromatic heterocycles. The Balaban J connectivity index is 1.55. The minimum Gasteiger partial charge on any atom is -0.324 e. The zero-order valence-electron chi connectivity index (χ0n) is 15.4. The van der Waals surface area contributed by atoms with Gasteiger partial charge in [-0.25, -0.2) is 0 Å². The van der Waals surface area contributed by atoms with Crippen molar-refractivity contribution in [2.45, 2.75) is 20.3 Å². The number of rotatable bonds is 3. The van der Waals surface area contributed by atoms with Gasteiger partial charge in [-0.2, -0.15) is 0 Å². The van der Waals surface area contributed by atoms with Crippen LogP contribution in [0.3, 0.4) is 0 Å². The molecule has 4 rings (SSSR count). The van der Waals surface area contributed by atoms with E-state index < -0.39 is 0 Å². The van der Waals surface area contributed by atoms with Crippen LogP contribution in [0.4, 0.5) is 11.4 Å². The van der Waals surface area contributed by atoms with E-state index in [0.29, 0.717) is 12.2 Å². The van der Waals surface area contributed by atoms with E-state index in [2.05, 4.69) is 10.3 Å². The van der Waals surface area contributed by atoms with Gasteiger partial charge >= 0.3 is 0 Å². The first-order valence-corrected chi connectivity index (χ1v) is 9.05. The van der Waals surface area contributed by atoms with Crippen LogP contribution < -0.4 is 10.2 Å². The van der Waals surface area contributed by atoms with Gasteiger partial charge in [0, 0.05) is 30.2 Å². The van der Waals surface area contributed by atoms with Gasteiger partial charge in [-0.1, -0.05) is 30.3 Å². The number of hydrogen-bond acceptors (Lipinski definition) is 3. The van der Waals surface area contributed by atoms with E-state index in [1.807, 2.05) is 62.4 Å². The Kier molecular flexibility index (Phi) is 4.36. The van der Waals surface area contributed by atoms with E-state index in [-0.39, 0.29) is 24.2 Å². The summed E-state index contributed by atoms with van der Waals surface area (Å²) < 4.78 is 0. The molecule has 136 valence electrons. The van der Waals surface area contributed by atoms with Crippen LogP contribution in [0.1, 0.15) is 17.5 Å². The highest BCUT2D eigenvalue weighted by atomic mass is 16.2. The average molecular weight is 359 g/mol. The molecule has 0 spiro atoms. The SMILES string of the molecule is Cc1ccc(C)c(N2CC(C(=O)Nc3cccc4cccnc34)CC2=O)c1. The second-order valence-electron chi connectivity index (χ2n) is 7.07. The maximum absolute atomic E-state index is 12.8. The van der Waals surface area contributed by atoms with E-state index in [1.54, 1.807) is 11.1 Å². The van der Waals surface area contributed by atoms with E-state index in [0.717, 1.165) is 27.7 Å². The van der Waals surface area contributed by atoms with Crippen LogP contribution in [-0.2, 0) is 9.59 Å². The zero-order chi connectivity index (χ0) is 19.0. The summed E-state index contributed by atoms with van der Waals surface area (Å²) in [6, 6.07) is 15.5. The van der Waals surface area contributed by atoms with Gasteiger partial charge in [0.25, 0.3) is 0 Å². The van der Waals surface area contributed by atoms with Crippen molar-refractivity contribution in [1.29, 1.82) is 0 Å². The highest BCUT2D eigenvalue weighted by Gasteiger charge is 2.35. The van der Waals surface area contributed by atoms with Gasteiger partial charge in [0.1, 0.15) is 0 Å². The molecule has 2 aromatic carbocycles. The van der Waals surface area contributed by atoms with Gasteiger partial charge in [0.15, 0.2) is 0 Å². The summed E-state index contributed by atoms with van der Waals surface area (Å²) in [7, 11) is 0. The molecule has 5 heteroatoms. The molecule has 0 saturated carbocycles. The Hall–Kier alpha value is -3.21. The minimum atomic E-state index is -0.378. The smallest absolute Gasteiger partial charge is 0.229 e. The van der Waals surface area contributed by atoms with Crippen LogP contribution in [0.2, 0.25) is 0 Å². The molecule has 0 aliphatic carbocycles. The molecule has 1 N–H and O–H groups in total. The van der Waals surface area contributed by atoms with Gasteiger partial charge < -0.3 is 10.2 Å². The number of pyridine rings is 1. The molecule has 5 nitrogen and oxygen atoms in total. The normalized spacial score (nSPS) is 16.7. The number of fused-ring (bicyclic) bond motifs is 1. The maximum Gasteiger partial charge on any atom is 0.229 e. The van der Waals surface area contributed by atoms with Crippen molar-refractivity contribution in [2.75, 3.05) is 16.8 Å². The zero-order valence-corrected chi connectivity index (χ0v) is 15.4. The number of amides is 2. The molecule has 2 amide bonds. The highest BCUT2D eigenvalue weighted by molar-refractivity contribution is 6.06. The molecule has 1 aliphatic rings. The van der Waals surface area contributed by atoms with E-state index in [1.165, 1.54) is 0 Å². The number of para-hydroxylation sites is 1. The standard InChI is InChI=1S/C22H21N3O2/c1-14-8-9-15(2)19(11-14)25-13-17(12-20(25)26)22(27)24-18-7-3-5-16-6-4-10-23-21(16)18/h3-11,17H,12-13H2,1-2H3,(H,24,27). The second kappa shape index (κ2) is 6.83. The average Bonchev–Trinajstić information content (AvgIpc) is 3.06. The lowest BCUT2D eigenvalue weighted by atomic mass is 10.1. The summed E-state index contributed by atoms with van der Waals surface area (Å²) in [6.45, 7) is 4.38. The third kappa shape index (κ3) is 3.28. The first-order valence-electron chi connectivity index (χ1n) is 9.05. The Labute approximate surface area is 158 Å². The van der Waals surface area contributed by atoms with Gasteiger partial charge in [-0.15, -0.1) is 0 Å². The monoisotopic (exact) mass is 359 g/mol. The van der Waals surface area contributed by atoms with Crippen molar-refractivity contribution in [3.05, 3.63) is 65.9 Å². The number of anilines is 2. The van der Waals surface area contributed by atoms with Gasteiger partial charge in [0.05, 0.1) is 17.1 Å². The van der Waals surface area contributed by atoms with Crippen LogP contribution in [0.5, 0.6) is 0 Å². The van der Waals surface area contributed by atoms with Crippen LogP contribution in [-0.4, -0.2) is 23.3 Å². The fourth-order valence-corrected chi connectivity index (χ4v) is 3.57. The fraction of sp³-hybridized carbons (Fsp3) is 0.227. The van der Waals surface area contributed by atoms with Crippen molar-refractivity contribution in [2.24, 2.45) is 5.92 Å². The number of carbonyl (C=O) groups is 2. The van der Waals surface area contributed by atoms with Crippen molar-refractivity contribution >= 4 is 34.1 Å². The van der Waals surface area contributed by atoms with Gasteiger partial charge in [0.2, 0.25) is 11.8 Å². The lowest BCUT2D eigenvalue weighted by molar-refractivity contribution is -0.122. The van der Waals surface area contributed by atoms with Crippen molar-refractivity contribution in [3.8, 4) is 0 Å². The Morgan fingerprint density at radius 1 is 1.15 bits per heavy atom. The van der Waals surface area contributed by atoms with Gasteiger partial charge in [-0.3, -0.25) is 14.6 Å². The predicted molar refractivity (Wildman–Crippen MR) is 107 cm³/mol. The molecule has 0 bridgehead atoms. The van der Waals surface area contributed by atoms with E-state index in [9.17, 15) is 9.59 Å². The molecule has 1 saturated heterocycles. The molecule has 3 aromatic rings. The van der Waals surface area contributed by atoms with Crippen LogP contribution >= 0.6 is 0 Å². The topological polar surface area (TPSA) is 62.3 Å². The molecular formula is C22H21N3O2. The molecular weight excluding hydrogens is 338 g/mol. The van der Waals surface area contributed by atoms with Crippen LogP contribution in [0, 0.1) is 19.8 Å². The highest BCUT2D eigenvalue weighted by Crippen LogP contribution is 2.30. The number of aryl methyl sites for hydroxylation is 2. The quantitative estimate of drug-likeness (QED) is 0.773. The number of nitrogens with zero attached hydrogens (tertiary/aromatic N) is 2. The Morgan fingerprint density at radius 3 is 2.81 bits per heavy atom. The fourth-order valence-electron chi connectivity index (χ4n) is 3.57. The van der Waals surface area contributed by atoms with Crippen LogP contribution in [0.15, 0.2) is 54.7 Å². The summed E-state index contributed by atoms with van der Waals surface area (Å²) >= 11 is 0. The molecule has 27 heavy (non-hydrogen) atoms. The Morgan fingerprint density at radius 2 is 1.96 bits per heavy atom. The summed E-state index contributed by atoms with van der Waals surface area (Å²) in [5.74, 6) is -0.536. The lowest BCUT2D eigenvalue weighted by Gasteiger charge is -2.19. The number of hydrogen-bond donors (Lipinski definition) is 1. The van der Waals surface area contributed by atoms with Crippen molar-refractivity contribution in [3.63, 3.8) is 0 Å². The summed E-state index contributed by atoms with van der Waals surface area (Å²) in [4.78, 5) is 31.5. The van der Waals surface area contributed by atoms with E-state index >= 15 is 0 Å². The van der Waals surface area contributed by atoms with Crippen molar-refractivity contribution < 1.29 is 9.59 Å². The first-order chi connectivity index (χ1) is 13.0. The predicted octanol–water partition coefficient (Wildman–Crippen LogP) is 3.84. The minimum absolute atomic E-state index is 0.0140. The number of carbonyl (C=O) groups excluding carboxylic acids is 2. The maximum atomic E-state index is 12.8. The summed E-state index contributed by atoms with van der Waals surface area (Å²) in [5.41, 5.74) is 4.45. The third-order valence-electron chi connectivity index (χ3n) is 5.04. The number of aromatic nitrogens is 1. The molecule has 1 atom stereocenters. The first kappa shape index (κ1) is 17.2. The molecule has 2 heterocycles. The molecule has 1 aliphatic heterocycles. The van der Waals surface area contributed by atoms with Crippen molar-refractivity contribution in [1.82, 2.24) is 4.98 Å². The second-order valence-corrected chi connectivity index (χ2v) is 7.07.